The van der Waals surface area contributed by atoms with Gasteiger partial charge in [-0.05, 0) is 48.6 Å². The second kappa shape index (κ2) is 13.1. The zero-order chi connectivity index (χ0) is 26.0. The molecule has 9 nitrogen and oxygen atoms in total. The number of amides is 2. The Balaban J connectivity index is 1.40. The number of hydrogen-bond acceptors (Lipinski definition) is 7. The fraction of sp³-hybridized carbons (Fsp3) is 0.393. The number of nitrogens with one attached hydrogen (secondary N) is 1. The Hall–Kier alpha value is -3.53. The Morgan fingerprint density at radius 1 is 1.00 bits per heavy atom. The Bertz CT molecular complexity index is 1200. The summed E-state index contributed by atoms with van der Waals surface area (Å²) in [7, 11) is 0. The molecule has 2 heterocycles. The van der Waals surface area contributed by atoms with Gasteiger partial charge in [-0.15, -0.1) is 0 Å². The highest BCUT2D eigenvalue weighted by Gasteiger charge is 2.24. The third kappa shape index (κ3) is 7.03. The van der Waals surface area contributed by atoms with Crippen LogP contribution >= 0.6 is 0 Å². The smallest absolute Gasteiger partial charge is 0.252 e. The van der Waals surface area contributed by atoms with Crippen LogP contribution in [0.15, 0.2) is 54.7 Å². The van der Waals surface area contributed by atoms with E-state index in [1.807, 2.05) is 41.3 Å². The molecule has 1 fully saturated rings. The molecule has 1 aliphatic heterocycles. The molecule has 2 amide bonds. The molecular formula is C28H35N5O4. The first kappa shape index (κ1) is 26.5. The lowest BCUT2D eigenvalue weighted by Crippen LogP contribution is -2.38. The van der Waals surface area contributed by atoms with Gasteiger partial charge in [-0.25, -0.2) is 0 Å². The summed E-state index contributed by atoms with van der Waals surface area (Å²) in [6, 6.07) is 15.9. The first-order valence-corrected chi connectivity index (χ1v) is 12.7. The van der Waals surface area contributed by atoms with E-state index in [1.54, 1.807) is 0 Å². The van der Waals surface area contributed by atoms with Crippen molar-refractivity contribution in [2.24, 2.45) is 11.5 Å². The number of ether oxygens (including phenoxy) is 2. The number of pyridine rings is 1. The van der Waals surface area contributed by atoms with Crippen molar-refractivity contribution >= 4 is 34.1 Å². The van der Waals surface area contributed by atoms with Gasteiger partial charge >= 0.3 is 0 Å². The highest BCUT2D eigenvalue weighted by Crippen LogP contribution is 2.34. The lowest BCUT2D eigenvalue weighted by atomic mass is 9.88. The van der Waals surface area contributed by atoms with Gasteiger partial charge in [0.15, 0.2) is 0 Å². The van der Waals surface area contributed by atoms with Crippen LogP contribution in [0.3, 0.4) is 0 Å². The molecule has 0 unspecified atom stereocenters. The van der Waals surface area contributed by atoms with Crippen molar-refractivity contribution in [2.75, 3.05) is 51.4 Å². The standard InChI is InChI=1S/C28H35N5O4/c29-11-15-37-17-16-36-14-10-26(34)33-12-8-20(9-13-33)21-6-7-25-23(18-21)27(24(19-31-25)28(30)35)32-22-4-2-1-3-5-22/h1-7,18-20H,8-17,29H2,(H2,30,35)(H,31,32). The van der Waals surface area contributed by atoms with Crippen molar-refractivity contribution in [1.29, 1.82) is 0 Å². The zero-order valence-electron chi connectivity index (χ0n) is 21.0. The quantitative estimate of drug-likeness (QED) is 0.322. The molecule has 4 rings (SSSR count). The van der Waals surface area contributed by atoms with Gasteiger partial charge in [0.05, 0.1) is 49.6 Å². The number of anilines is 2. The molecule has 3 aromatic rings. The summed E-state index contributed by atoms with van der Waals surface area (Å²) >= 11 is 0. The Kier molecular flexibility index (Phi) is 9.42. The average Bonchev–Trinajstić information content (AvgIpc) is 2.93. The highest BCUT2D eigenvalue weighted by molar-refractivity contribution is 6.07. The molecule has 2 aromatic carbocycles. The molecule has 5 N–H and O–H groups in total. The van der Waals surface area contributed by atoms with E-state index in [-0.39, 0.29) is 5.91 Å². The molecule has 0 spiro atoms. The predicted molar refractivity (Wildman–Crippen MR) is 144 cm³/mol. The minimum atomic E-state index is -0.530. The summed E-state index contributed by atoms with van der Waals surface area (Å²) in [5, 5.41) is 4.22. The summed E-state index contributed by atoms with van der Waals surface area (Å²) < 4.78 is 10.8. The van der Waals surface area contributed by atoms with E-state index >= 15 is 0 Å². The van der Waals surface area contributed by atoms with Gasteiger partial charge in [0.1, 0.15) is 0 Å². The van der Waals surface area contributed by atoms with Crippen LogP contribution in [0, 0.1) is 0 Å². The molecule has 0 bridgehead atoms. The summed E-state index contributed by atoms with van der Waals surface area (Å²) in [4.78, 5) is 31.2. The number of nitrogens with two attached hydrogens (primary N) is 2. The van der Waals surface area contributed by atoms with Crippen LogP contribution in [0.25, 0.3) is 10.9 Å². The third-order valence-electron chi connectivity index (χ3n) is 6.61. The summed E-state index contributed by atoms with van der Waals surface area (Å²) in [6.45, 7) is 3.76. The number of carbonyl (C=O) groups is 2. The summed E-state index contributed by atoms with van der Waals surface area (Å²) in [6.07, 6.45) is 3.63. The monoisotopic (exact) mass is 505 g/mol. The minimum absolute atomic E-state index is 0.115. The molecule has 1 saturated heterocycles. The Labute approximate surface area is 217 Å². The number of para-hydroxylation sites is 1. The fourth-order valence-electron chi connectivity index (χ4n) is 4.64. The summed E-state index contributed by atoms with van der Waals surface area (Å²) in [5.41, 5.74) is 14.9. The number of rotatable bonds is 12. The molecule has 0 aliphatic carbocycles. The van der Waals surface area contributed by atoms with Crippen LogP contribution in [0.2, 0.25) is 0 Å². The number of carbonyl (C=O) groups excluding carboxylic acids is 2. The minimum Gasteiger partial charge on any atom is -0.379 e. The maximum absolute atomic E-state index is 12.6. The average molecular weight is 506 g/mol. The normalized spacial score (nSPS) is 14.1. The van der Waals surface area contributed by atoms with E-state index in [2.05, 4.69) is 22.4 Å². The number of nitrogens with zero attached hydrogens (tertiary/aromatic N) is 2. The molecular weight excluding hydrogens is 470 g/mol. The number of benzene rings is 2. The molecule has 1 aromatic heterocycles. The SMILES string of the molecule is NCCOCCOCCC(=O)N1CCC(c2ccc3ncc(C(N)=O)c(Nc4ccccc4)c3c2)CC1. The van der Waals surface area contributed by atoms with Gasteiger partial charge in [-0.1, -0.05) is 24.3 Å². The second-order valence-electron chi connectivity index (χ2n) is 9.10. The Morgan fingerprint density at radius 3 is 2.43 bits per heavy atom. The van der Waals surface area contributed by atoms with Gasteiger partial charge in [0, 0.05) is 36.9 Å². The lowest BCUT2D eigenvalue weighted by molar-refractivity contribution is -0.133. The number of piperidine rings is 1. The van der Waals surface area contributed by atoms with Crippen molar-refractivity contribution in [3.05, 3.63) is 65.9 Å². The van der Waals surface area contributed by atoms with E-state index < -0.39 is 5.91 Å². The Morgan fingerprint density at radius 2 is 1.73 bits per heavy atom. The first-order chi connectivity index (χ1) is 18.1. The maximum Gasteiger partial charge on any atom is 0.252 e. The molecule has 0 radical (unpaired) electrons. The molecule has 37 heavy (non-hydrogen) atoms. The molecule has 9 heteroatoms. The third-order valence-corrected chi connectivity index (χ3v) is 6.61. The van der Waals surface area contributed by atoms with E-state index in [4.69, 9.17) is 20.9 Å². The fourth-order valence-corrected chi connectivity index (χ4v) is 4.64. The van der Waals surface area contributed by atoms with Gasteiger partial charge in [0.2, 0.25) is 5.91 Å². The number of likely N-dealkylation sites (tertiary alicyclic amines) is 1. The lowest BCUT2D eigenvalue weighted by Gasteiger charge is -2.32. The van der Waals surface area contributed by atoms with Crippen LogP contribution < -0.4 is 16.8 Å². The molecule has 0 atom stereocenters. The summed E-state index contributed by atoms with van der Waals surface area (Å²) in [5.74, 6) is -0.104. The maximum atomic E-state index is 12.6. The largest absolute Gasteiger partial charge is 0.379 e. The van der Waals surface area contributed by atoms with Crippen LogP contribution in [-0.4, -0.2) is 67.8 Å². The zero-order valence-corrected chi connectivity index (χ0v) is 21.0. The van der Waals surface area contributed by atoms with E-state index in [1.165, 1.54) is 11.8 Å². The van der Waals surface area contributed by atoms with Crippen molar-refractivity contribution < 1.29 is 19.1 Å². The van der Waals surface area contributed by atoms with Crippen LogP contribution in [0.5, 0.6) is 0 Å². The van der Waals surface area contributed by atoms with Gasteiger partial charge in [-0.2, -0.15) is 0 Å². The van der Waals surface area contributed by atoms with Crippen LogP contribution in [0.1, 0.15) is 41.1 Å². The molecule has 196 valence electrons. The number of primary amides is 1. The van der Waals surface area contributed by atoms with E-state index in [9.17, 15) is 9.59 Å². The van der Waals surface area contributed by atoms with Gasteiger partial charge in [-0.3, -0.25) is 14.6 Å². The van der Waals surface area contributed by atoms with Crippen LogP contribution in [-0.2, 0) is 14.3 Å². The number of aromatic nitrogens is 1. The number of hydrogen-bond donors (Lipinski definition) is 3. The first-order valence-electron chi connectivity index (χ1n) is 12.7. The highest BCUT2D eigenvalue weighted by atomic mass is 16.5. The molecule has 1 aliphatic rings. The van der Waals surface area contributed by atoms with Crippen molar-refractivity contribution in [3.63, 3.8) is 0 Å². The van der Waals surface area contributed by atoms with E-state index in [0.29, 0.717) is 69.7 Å². The van der Waals surface area contributed by atoms with Crippen molar-refractivity contribution in [3.8, 4) is 0 Å². The number of fused-ring (bicyclic) bond motifs is 1. The van der Waals surface area contributed by atoms with Gasteiger partial charge < -0.3 is 31.2 Å². The topological polar surface area (TPSA) is 133 Å². The van der Waals surface area contributed by atoms with Crippen molar-refractivity contribution in [2.45, 2.75) is 25.2 Å². The van der Waals surface area contributed by atoms with Crippen molar-refractivity contribution in [1.82, 2.24) is 9.88 Å². The predicted octanol–water partition coefficient (Wildman–Crippen LogP) is 3.17. The second-order valence-corrected chi connectivity index (χ2v) is 9.10. The van der Waals surface area contributed by atoms with Crippen LogP contribution in [0.4, 0.5) is 11.4 Å². The van der Waals surface area contributed by atoms with Gasteiger partial charge in [0.25, 0.3) is 5.91 Å². The molecule has 0 saturated carbocycles. The van der Waals surface area contributed by atoms with E-state index in [0.717, 1.165) is 29.4 Å².